The number of hydrogen-bond acceptors (Lipinski definition) is 7. The largest absolute Gasteiger partial charge is 0.497 e. The Morgan fingerprint density at radius 3 is 2.09 bits per heavy atom. The first-order valence-electron chi connectivity index (χ1n) is 15.4. The van der Waals surface area contributed by atoms with Crippen LogP contribution in [0.2, 0.25) is 0 Å². The van der Waals surface area contributed by atoms with Crippen molar-refractivity contribution in [3.05, 3.63) is 77.4 Å². The van der Waals surface area contributed by atoms with Gasteiger partial charge in [-0.15, -0.1) is 0 Å². The third-order valence-electron chi connectivity index (χ3n) is 8.19. The topological polar surface area (TPSA) is 134 Å². The van der Waals surface area contributed by atoms with Gasteiger partial charge in [-0.25, -0.2) is 13.1 Å². The molecule has 0 aliphatic carbocycles. The first kappa shape index (κ1) is 38.5. The fourth-order valence-electron chi connectivity index (χ4n) is 5.37. The zero-order valence-corrected chi connectivity index (χ0v) is 29.9. The molecule has 3 amide bonds. The van der Waals surface area contributed by atoms with E-state index >= 15 is 0 Å². The number of likely N-dealkylation sites (N-methyl/N-ethyl adjacent to an activating group) is 2. The number of benzene rings is 2. The van der Waals surface area contributed by atoms with Crippen LogP contribution in [0.4, 0.5) is 0 Å². The summed E-state index contributed by atoms with van der Waals surface area (Å²) in [6.45, 7) is 14.9. The lowest BCUT2D eigenvalue weighted by Gasteiger charge is -2.40. The van der Waals surface area contributed by atoms with Gasteiger partial charge in [0.25, 0.3) is 5.91 Å². The van der Waals surface area contributed by atoms with Crippen LogP contribution in [0.3, 0.4) is 0 Å². The number of carbonyl (C=O) groups is 3. The molecule has 3 N–H and O–H groups in total. The lowest BCUT2D eigenvalue weighted by molar-refractivity contribution is -0.140. The molecule has 0 saturated carbocycles. The van der Waals surface area contributed by atoms with Crippen LogP contribution < -0.4 is 20.1 Å². The van der Waals surface area contributed by atoms with Gasteiger partial charge in [0.15, 0.2) is 0 Å². The molecule has 0 radical (unpaired) electrons. The minimum atomic E-state index is -3.95. The second kappa shape index (κ2) is 15.7. The second-order valence-corrected chi connectivity index (χ2v) is 15.4. The highest BCUT2D eigenvalue weighted by Gasteiger charge is 2.41. The monoisotopic (exact) mass is 656 g/mol. The molecule has 2 rings (SSSR count). The average Bonchev–Trinajstić information content (AvgIpc) is 2.97. The summed E-state index contributed by atoms with van der Waals surface area (Å²) in [6, 6.07) is 14.0. The summed E-state index contributed by atoms with van der Waals surface area (Å²) in [6.07, 6.45) is 1.60. The molecule has 0 heterocycles. The summed E-state index contributed by atoms with van der Waals surface area (Å²) in [5.74, 6) is -1.24. The van der Waals surface area contributed by atoms with Crippen molar-refractivity contribution < 1.29 is 27.5 Å². The van der Waals surface area contributed by atoms with Crippen molar-refractivity contribution in [2.45, 2.75) is 84.7 Å². The first-order chi connectivity index (χ1) is 21.2. The van der Waals surface area contributed by atoms with Crippen LogP contribution in [-0.4, -0.2) is 70.4 Å². The third kappa shape index (κ3) is 10.2. The van der Waals surface area contributed by atoms with E-state index in [2.05, 4.69) is 15.4 Å². The van der Waals surface area contributed by atoms with Crippen molar-refractivity contribution >= 4 is 27.7 Å². The predicted molar refractivity (Wildman–Crippen MR) is 183 cm³/mol. The Morgan fingerprint density at radius 2 is 1.57 bits per heavy atom. The number of nitrogens with zero attached hydrogens (tertiary/aromatic N) is 1. The Labute approximate surface area is 275 Å². The fraction of sp³-hybridized carbons (Fsp3) is 0.514. The predicted octanol–water partition coefficient (Wildman–Crippen LogP) is 4.17. The molecular weight excluding hydrogens is 604 g/mol. The van der Waals surface area contributed by atoms with Crippen LogP contribution in [0.15, 0.2) is 66.2 Å². The van der Waals surface area contributed by atoms with Gasteiger partial charge in [0.05, 0.1) is 24.9 Å². The molecule has 0 unspecified atom stereocenters. The number of carbonyl (C=O) groups excluding carboxylic acids is 3. The summed E-state index contributed by atoms with van der Waals surface area (Å²) in [4.78, 5) is 42.5. The van der Waals surface area contributed by atoms with Gasteiger partial charge in [0.2, 0.25) is 21.8 Å². The highest BCUT2D eigenvalue weighted by molar-refractivity contribution is 7.89. The van der Waals surface area contributed by atoms with Crippen LogP contribution in [0.25, 0.3) is 0 Å². The Balaban J connectivity index is 2.31. The molecule has 0 aromatic heterocycles. The lowest BCUT2D eigenvalue weighted by atomic mass is 9.76. The maximum atomic E-state index is 14.1. The maximum absolute atomic E-state index is 14.1. The van der Waals surface area contributed by atoms with Gasteiger partial charge in [-0.3, -0.25) is 14.4 Å². The van der Waals surface area contributed by atoms with Gasteiger partial charge in [-0.2, -0.15) is 0 Å². The van der Waals surface area contributed by atoms with Crippen LogP contribution >= 0.6 is 0 Å². The van der Waals surface area contributed by atoms with Crippen molar-refractivity contribution in [2.24, 2.45) is 11.3 Å². The number of sulfonamides is 1. The zero-order valence-electron chi connectivity index (χ0n) is 29.1. The van der Waals surface area contributed by atoms with E-state index in [4.69, 9.17) is 4.74 Å². The molecule has 0 saturated heterocycles. The molecule has 2 aromatic carbocycles. The summed E-state index contributed by atoms with van der Waals surface area (Å²) in [5, 5.41) is 6.15. The second-order valence-electron chi connectivity index (χ2n) is 13.7. The highest BCUT2D eigenvalue weighted by Crippen LogP contribution is 2.31. The number of methoxy groups -OCH3 is 1. The molecule has 2 aromatic rings. The summed E-state index contributed by atoms with van der Waals surface area (Å²) < 4.78 is 32.9. The number of hydrogen-bond donors (Lipinski definition) is 3. The summed E-state index contributed by atoms with van der Waals surface area (Å²) in [5.41, 5.74) is 0.266. The van der Waals surface area contributed by atoms with E-state index in [0.717, 1.165) is 5.56 Å². The van der Waals surface area contributed by atoms with Crippen molar-refractivity contribution in [3.8, 4) is 5.75 Å². The lowest BCUT2D eigenvalue weighted by Crippen LogP contribution is -2.61. The SMILES string of the molecule is CN[C@H](C(=O)N[C@H](C(=O)N(C)[C@H](/C=C(\C)C(=O)NS(=O)(=O)Cc1ccccc1)C(C)C)C(C)(C)C)C(C)(C)c1cccc(OC)c1. The Bertz CT molecular complexity index is 1500. The van der Waals surface area contributed by atoms with Gasteiger partial charge in [-0.1, -0.05) is 97.0 Å². The minimum Gasteiger partial charge on any atom is -0.497 e. The maximum Gasteiger partial charge on any atom is 0.260 e. The van der Waals surface area contributed by atoms with Crippen LogP contribution in [0.1, 0.15) is 66.5 Å². The third-order valence-corrected chi connectivity index (χ3v) is 9.40. The van der Waals surface area contributed by atoms with Crippen LogP contribution in [-0.2, 0) is 35.6 Å². The highest BCUT2D eigenvalue weighted by atomic mass is 32.2. The van der Waals surface area contributed by atoms with Crippen LogP contribution in [0, 0.1) is 11.3 Å². The van der Waals surface area contributed by atoms with Crippen LogP contribution in [0.5, 0.6) is 5.75 Å². The van der Waals surface area contributed by atoms with E-state index in [-0.39, 0.29) is 29.1 Å². The number of rotatable bonds is 14. The molecule has 0 bridgehead atoms. The molecule has 0 aliphatic rings. The molecule has 0 spiro atoms. The number of nitrogens with one attached hydrogen (secondary N) is 3. The standard InChI is InChI=1S/C35H52N4O6S/c1-23(2)28(20-24(3)31(40)38-46(43,44)22-25-16-13-12-14-17-25)39(10)33(42)30(34(4,5)6)37-32(41)29(36-9)35(7,8)26-18-15-19-27(21-26)45-11/h12-21,23,28-30,36H,22H2,1-11H3,(H,37,41)(H,38,40)/b24-20+/t28-,29-,30-/m1/s1. The molecule has 254 valence electrons. The molecule has 0 aliphatic heterocycles. The molecular formula is C35H52N4O6S. The van der Waals surface area contributed by atoms with E-state index < -0.39 is 44.9 Å². The Kier molecular flexibility index (Phi) is 13.2. The van der Waals surface area contributed by atoms with Crippen molar-refractivity contribution in [2.75, 3.05) is 21.2 Å². The molecule has 11 heteroatoms. The molecule has 10 nitrogen and oxygen atoms in total. The minimum absolute atomic E-state index is 0.133. The van der Waals surface area contributed by atoms with Gasteiger partial charge >= 0.3 is 0 Å². The molecule has 0 fully saturated rings. The zero-order chi connectivity index (χ0) is 35.0. The van der Waals surface area contributed by atoms with E-state index in [1.807, 2.05) is 72.7 Å². The van der Waals surface area contributed by atoms with Gasteiger partial charge in [-0.05, 0) is 48.6 Å². The normalized spacial score (nSPS) is 14.7. The van der Waals surface area contributed by atoms with E-state index in [1.165, 1.54) is 11.8 Å². The quantitative estimate of drug-likeness (QED) is 0.260. The van der Waals surface area contributed by atoms with Gasteiger partial charge < -0.3 is 20.3 Å². The first-order valence-corrected chi connectivity index (χ1v) is 17.1. The summed E-state index contributed by atoms with van der Waals surface area (Å²) >= 11 is 0. The number of ether oxygens (including phenoxy) is 1. The smallest absolute Gasteiger partial charge is 0.260 e. The summed E-state index contributed by atoms with van der Waals surface area (Å²) in [7, 11) is 0.977. The van der Waals surface area contributed by atoms with Crippen molar-refractivity contribution in [3.63, 3.8) is 0 Å². The van der Waals surface area contributed by atoms with E-state index in [1.54, 1.807) is 57.6 Å². The number of amides is 3. The average molecular weight is 657 g/mol. The van der Waals surface area contributed by atoms with Gasteiger partial charge in [0, 0.05) is 18.0 Å². The van der Waals surface area contributed by atoms with E-state index in [0.29, 0.717) is 11.3 Å². The van der Waals surface area contributed by atoms with E-state index in [9.17, 15) is 22.8 Å². The Morgan fingerprint density at radius 1 is 0.957 bits per heavy atom. The molecule has 3 atom stereocenters. The fourth-order valence-corrected chi connectivity index (χ4v) is 6.52. The van der Waals surface area contributed by atoms with Gasteiger partial charge in [0.1, 0.15) is 11.8 Å². The molecule has 46 heavy (non-hydrogen) atoms. The Hall–Kier alpha value is -3.70. The van der Waals surface area contributed by atoms with Crippen molar-refractivity contribution in [1.82, 2.24) is 20.3 Å². The van der Waals surface area contributed by atoms with Crippen molar-refractivity contribution in [1.29, 1.82) is 0 Å².